The van der Waals surface area contributed by atoms with Crippen LogP contribution < -0.4 is 0 Å². The van der Waals surface area contributed by atoms with Gasteiger partial charge in [-0.2, -0.15) is 0 Å². The summed E-state index contributed by atoms with van der Waals surface area (Å²) in [5, 5.41) is 16.8. The zero-order chi connectivity index (χ0) is 5.86. The monoisotopic (exact) mass is 101 g/mol. The minimum atomic E-state index is 0.125. The van der Waals surface area contributed by atoms with Crippen molar-refractivity contribution in [1.82, 2.24) is 0 Å². The third-order valence-electron chi connectivity index (χ3n) is 0.418. The molecule has 0 aliphatic carbocycles. The van der Waals surface area contributed by atoms with Gasteiger partial charge in [0, 0.05) is 0 Å². The first-order valence-corrected chi connectivity index (χ1v) is 2.02. The molecule has 0 aromatic rings. The molecule has 0 rings (SSSR count). The minimum absolute atomic E-state index is 0.125. The maximum atomic E-state index is 8.40. The smallest absolute Gasteiger partial charge is 0.115 e. The molecule has 0 aromatic carbocycles. The van der Waals surface area contributed by atoms with E-state index in [1.165, 1.54) is 19.9 Å². The van der Waals surface area contributed by atoms with Gasteiger partial charge in [-0.25, -0.2) is 0 Å². The summed E-state index contributed by atoms with van der Waals surface area (Å²) in [6.07, 6.45) is 1.40. The van der Waals surface area contributed by atoms with Crippen LogP contribution in [0.5, 0.6) is 0 Å². The van der Waals surface area contributed by atoms with Gasteiger partial charge in [-0.1, -0.05) is 0 Å². The van der Waals surface area contributed by atoms with Gasteiger partial charge >= 0.3 is 0 Å². The van der Waals surface area contributed by atoms with Crippen molar-refractivity contribution in [2.24, 2.45) is 0 Å². The molecule has 0 aromatic heterocycles. The highest BCUT2D eigenvalue weighted by atomic mass is 16.3. The summed E-state index contributed by atoms with van der Waals surface area (Å²) < 4.78 is 0. The fraction of sp³-hybridized carbons (Fsp3) is 0.400. The SMILES string of the molecule is C[C](O)C=C(C)O. The largest absolute Gasteiger partial charge is 0.513 e. The Kier molecular flexibility index (Phi) is 2.45. The highest BCUT2D eigenvalue weighted by Gasteiger charge is 1.87. The Morgan fingerprint density at radius 2 is 1.71 bits per heavy atom. The molecule has 0 spiro atoms. The molecule has 1 radical (unpaired) electrons. The Hall–Kier alpha value is -0.500. The summed E-state index contributed by atoms with van der Waals surface area (Å²) in [5.74, 6) is 0.125. The van der Waals surface area contributed by atoms with E-state index in [-0.39, 0.29) is 11.9 Å². The molecule has 41 valence electrons. The molecule has 2 nitrogen and oxygen atoms in total. The van der Waals surface area contributed by atoms with E-state index in [0.29, 0.717) is 0 Å². The lowest BCUT2D eigenvalue weighted by molar-refractivity contribution is 0.335. The molecule has 0 bridgehead atoms. The average Bonchev–Trinajstić information content (AvgIpc) is 1.27. The van der Waals surface area contributed by atoms with Crippen LogP contribution in [-0.2, 0) is 0 Å². The Morgan fingerprint density at radius 1 is 1.29 bits per heavy atom. The van der Waals surface area contributed by atoms with Crippen molar-refractivity contribution in [3.8, 4) is 0 Å². The van der Waals surface area contributed by atoms with Crippen molar-refractivity contribution < 1.29 is 10.2 Å². The maximum absolute atomic E-state index is 8.40. The molecule has 0 unspecified atom stereocenters. The summed E-state index contributed by atoms with van der Waals surface area (Å²) in [5.41, 5.74) is 0. The number of hydrogen-bond donors (Lipinski definition) is 2. The molecule has 7 heavy (non-hydrogen) atoms. The molecule has 0 fully saturated rings. The predicted molar refractivity (Wildman–Crippen MR) is 27.2 cm³/mol. The maximum Gasteiger partial charge on any atom is 0.115 e. The molecule has 0 atom stereocenters. The molecular formula is C5H9O2. The quantitative estimate of drug-likeness (QED) is 0.490. The number of hydrogen-bond acceptors (Lipinski definition) is 2. The summed E-state index contributed by atoms with van der Waals surface area (Å²) in [6.45, 7) is 3.00. The molecule has 0 saturated heterocycles. The van der Waals surface area contributed by atoms with Gasteiger partial charge in [0.25, 0.3) is 0 Å². The molecule has 0 amide bonds. The lowest BCUT2D eigenvalue weighted by Crippen LogP contribution is -1.82. The number of aliphatic hydroxyl groups excluding tert-OH is 2. The molecule has 2 N–H and O–H groups in total. The fourth-order valence-corrected chi connectivity index (χ4v) is 0.302. The number of aliphatic hydroxyl groups is 2. The van der Waals surface area contributed by atoms with Gasteiger partial charge < -0.3 is 10.2 Å². The highest BCUT2D eigenvalue weighted by Crippen LogP contribution is 1.95. The average molecular weight is 101 g/mol. The van der Waals surface area contributed by atoms with Gasteiger partial charge in [0.05, 0.1) is 5.76 Å². The molecule has 0 aliphatic rings. The first-order chi connectivity index (χ1) is 3.13. The van der Waals surface area contributed by atoms with Gasteiger partial charge in [0.1, 0.15) is 6.10 Å². The van der Waals surface area contributed by atoms with Gasteiger partial charge in [0.15, 0.2) is 0 Å². The van der Waals surface area contributed by atoms with Crippen molar-refractivity contribution >= 4 is 0 Å². The van der Waals surface area contributed by atoms with Crippen LogP contribution in [-0.4, -0.2) is 10.2 Å². The van der Waals surface area contributed by atoms with Gasteiger partial charge in [-0.15, -0.1) is 0 Å². The van der Waals surface area contributed by atoms with E-state index >= 15 is 0 Å². The molecule has 0 aliphatic heterocycles. The lowest BCUT2D eigenvalue weighted by atomic mass is 10.3. The van der Waals surface area contributed by atoms with Crippen LogP contribution in [0.2, 0.25) is 0 Å². The van der Waals surface area contributed by atoms with Gasteiger partial charge in [0.2, 0.25) is 0 Å². The minimum Gasteiger partial charge on any atom is -0.513 e. The zero-order valence-corrected chi connectivity index (χ0v) is 4.47. The van der Waals surface area contributed by atoms with E-state index < -0.39 is 0 Å². The number of rotatable bonds is 1. The van der Waals surface area contributed by atoms with Crippen LogP contribution in [0, 0.1) is 6.10 Å². The normalized spacial score (nSPS) is 12.9. The van der Waals surface area contributed by atoms with E-state index in [1.807, 2.05) is 0 Å². The van der Waals surface area contributed by atoms with Crippen LogP contribution in [0.15, 0.2) is 11.8 Å². The molecule has 0 saturated carbocycles. The van der Waals surface area contributed by atoms with Gasteiger partial charge in [-0.05, 0) is 19.9 Å². The second-order valence-corrected chi connectivity index (χ2v) is 1.43. The third-order valence-corrected chi connectivity index (χ3v) is 0.418. The lowest BCUT2D eigenvalue weighted by Gasteiger charge is -1.90. The second-order valence-electron chi connectivity index (χ2n) is 1.43. The predicted octanol–water partition coefficient (Wildman–Crippen LogP) is 1.37. The first kappa shape index (κ1) is 6.50. The van der Waals surface area contributed by atoms with E-state index in [2.05, 4.69) is 0 Å². The van der Waals surface area contributed by atoms with Crippen LogP contribution >= 0.6 is 0 Å². The van der Waals surface area contributed by atoms with E-state index in [4.69, 9.17) is 10.2 Å². The summed E-state index contributed by atoms with van der Waals surface area (Å²) in [7, 11) is 0. The number of allylic oxidation sites excluding steroid dienone is 1. The Labute approximate surface area is 43.1 Å². The summed E-state index contributed by atoms with van der Waals surface area (Å²) >= 11 is 0. The molecule has 2 heteroatoms. The van der Waals surface area contributed by atoms with Crippen LogP contribution in [0.1, 0.15) is 13.8 Å². The van der Waals surface area contributed by atoms with Crippen LogP contribution in [0.3, 0.4) is 0 Å². The van der Waals surface area contributed by atoms with Crippen molar-refractivity contribution in [3.05, 3.63) is 17.9 Å². The topological polar surface area (TPSA) is 40.5 Å². The van der Waals surface area contributed by atoms with Crippen molar-refractivity contribution in [2.75, 3.05) is 0 Å². The fourth-order valence-electron chi connectivity index (χ4n) is 0.302. The molecular weight excluding hydrogens is 92.1 g/mol. The standard InChI is InChI=1S/C5H9O2/c1-4(6)3-5(2)7/h3,6-7H,1-2H3. The van der Waals surface area contributed by atoms with Crippen molar-refractivity contribution in [1.29, 1.82) is 0 Å². The highest BCUT2D eigenvalue weighted by molar-refractivity contribution is 5.00. The first-order valence-electron chi connectivity index (χ1n) is 2.02. The van der Waals surface area contributed by atoms with E-state index in [9.17, 15) is 0 Å². The van der Waals surface area contributed by atoms with E-state index in [0.717, 1.165) is 0 Å². The Morgan fingerprint density at radius 3 is 1.71 bits per heavy atom. The Bertz CT molecular complexity index is 70.1. The third kappa shape index (κ3) is 5.50. The second kappa shape index (κ2) is 2.64. The van der Waals surface area contributed by atoms with Gasteiger partial charge in [-0.3, -0.25) is 0 Å². The summed E-state index contributed by atoms with van der Waals surface area (Å²) in [6, 6.07) is 0. The van der Waals surface area contributed by atoms with Crippen molar-refractivity contribution in [3.63, 3.8) is 0 Å². The Balaban J connectivity index is 3.45. The van der Waals surface area contributed by atoms with Crippen LogP contribution in [0.25, 0.3) is 0 Å². The van der Waals surface area contributed by atoms with E-state index in [1.54, 1.807) is 0 Å². The summed E-state index contributed by atoms with van der Waals surface area (Å²) in [4.78, 5) is 0. The van der Waals surface area contributed by atoms with Crippen molar-refractivity contribution in [2.45, 2.75) is 13.8 Å². The van der Waals surface area contributed by atoms with Crippen LogP contribution in [0.4, 0.5) is 0 Å². The molecule has 0 heterocycles. The zero-order valence-electron chi connectivity index (χ0n) is 4.47.